The SMILES string of the molecule is CCOc1ccccc1COC(=O)[C@@H](C)Oc1ccc(C#N)cc1. The Hall–Kier alpha value is -3.00. The number of hydrogen-bond donors (Lipinski definition) is 0. The van der Waals surface area contributed by atoms with Crippen LogP contribution in [0.25, 0.3) is 0 Å². The minimum Gasteiger partial charge on any atom is -0.493 e. The van der Waals surface area contributed by atoms with Gasteiger partial charge in [0, 0.05) is 5.56 Å². The van der Waals surface area contributed by atoms with Crippen LogP contribution in [0.1, 0.15) is 25.0 Å². The van der Waals surface area contributed by atoms with Crippen molar-refractivity contribution in [1.29, 1.82) is 5.26 Å². The summed E-state index contributed by atoms with van der Waals surface area (Å²) < 4.78 is 16.3. The maximum Gasteiger partial charge on any atom is 0.347 e. The fourth-order valence-electron chi connectivity index (χ4n) is 2.05. The predicted molar refractivity (Wildman–Crippen MR) is 88.7 cm³/mol. The van der Waals surface area contributed by atoms with Gasteiger partial charge in [-0.1, -0.05) is 18.2 Å². The molecule has 0 amide bonds. The number of para-hydroxylation sites is 1. The van der Waals surface area contributed by atoms with Gasteiger partial charge in [0.1, 0.15) is 18.1 Å². The van der Waals surface area contributed by atoms with Gasteiger partial charge in [-0.05, 0) is 44.2 Å². The molecule has 24 heavy (non-hydrogen) atoms. The van der Waals surface area contributed by atoms with Crippen LogP contribution < -0.4 is 9.47 Å². The quantitative estimate of drug-likeness (QED) is 0.729. The van der Waals surface area contributed by atoms with Gasteiger partial charge in [0.2, 0.25) is 0 Å². The molecule has 0 saturated carbocycles. The molecule has 2 rings (SSSR count). The first kappa shape index (κ1) is 17.4. The van der Waals surface area contributed by atoms with Crippen LogP contribution in [0.3, 0.4) is 0 Å². The fourth-order valence-corrected chi connectivity index (χ4v) is 2.05. The molecule has 0 bridgehead atoms. The van der Waals surface area contributed by atoms with Crippen LogP contribution >= 0.6 is 0 Å². The summed E-state index contributed by atoms with van der Waals surface area (Å²) in [6, 6.07) is 16.0. The van der Waals surface area contributed by atoms with E-state index in [0.717, 1.165) is 5.56 Å². The van der Waals surface area contributed by atoms with E-state index >= 15 is 0 Å². The van der Waals surface area contributed by atoms with Gasteiger partial charge in [-0.25, -0.2) is 4.79 Å². The Bertz CT molecular complexity index is 719. The van der Waals surface area contributed by atoms with Crippen molar-refractivity contribution in [2.24, 2.45) is 0 Å². The van der Waals surface area contributed by atoms with Crippen LogP contribution in [0.5, 0.6) is 11.5 Å². The lowest BCUT2D eigenvalue weighted by molar-refractivity contribution is -0.152. The lowest BCUT2D eigenvalue weighted by atomic mass is 10.2. The van der Waals surface area contributed by atoms with Crippen molar-refractivity contribution in [3.05, 3.63) is 59.7 Å². The predicted octanol–water partition coefficient (Wildman–Crippen LogP) is 3.47. The van der Waals surface area contributed by atoms with Gasteiger partial charge in [-0.15, -0.1) is 0 Å². The molecule has 0 aliphatic carbocycles. The summed E-state index contributed by atoms with van der Waals surface area (Å²) in [5.74, 6) is 0.743. The van der Waals surface area contributed by atoms with Crippen molar-refractivity contribution >= 4 is 5.97 Å². The van der Waals surface area contributed by atoms with Gasteiger partial charge < -0.3 is 14.2 Å². The highest BCUT2D eigenvalue weighted by molar-refractivity contribution is 5.74. The molecule has 0 N–H and O–H groups in total. The van der Waals surface area contributed by atoms with E-state index in [1.54, 1.807) is 31.2 Å². The Morgan fingerprint density at radius 2 is 1.88 bits per heavy atom. The van der Waals surface area contributed by atoms with Gasteiger partial charge in [-0.3, -0.25) is 0 Å². The maximum atomic E-state index is 12.1. The van der Waals surface area contributed by atoms with Crippen molar-refractivity contribution in [1.82, 2.24) is 0 Å². The van der Waals surface area contributed by atoms with Crippen LogP contribution in [0.2, 0.25) is 0 Å². The second kappa shape index (κ2) is 8.59. The zero-order valence-electron chi connectivity index (χ0n) is 13.7. The molecule has 0 heterocycles. The van der Waals surface area contributed by atoms with Crippen LogP contribution in [0, 0.1) is 11.3 Å². The van der Waals surface area contributed by atoms with Crippen molar-refractivity contribution in [3.8, 4) is 17.6 Å². The number of esters is 1. The highest BCUT2D eigenvalue weighted by Gasteiger charge is 2.17. The van der Waals surface area contributed by atoms with Crippen LogP contribution in [0.4, 0.5) is 0 Å². The normalized spacial score (nSPS) is 11.2. The average Bonchev–Trinajstić information content (AvgIpc) is 2.61. The smallest absolute Gasteiger partial charge is 0.347 e. The molecular weight excluding hydrogens is 306 g/mol. The zero-order valence-corrected chi connectivity index (χ0v) is 13.7. The molecule has 0 saturated heterocycles. The lowest BCUT2D eigenvalue weighted by Gasteiger charge is -2.15. The highest BCUT2D eigenvalue weighted by Crippen LogP contribution is 2.19. The Balaban J connectivity index is 1.91. The number of benzene rings is 2. The summed E-state index contributed by atoms with van der Waals surface area (Å²) >= 11 is 0. The molecule has 1 atom stereocenters. The number of carbonyl (C=O) groups is 1. The molecule has 0 aliphatic heterocycles. The summed E-state index contributed by atoms with van der Waals surface area (Å²) in [6.45, 7) is 4.19. The van der Waals surface area contributed by atoms with E-state index in [1.807, 2.05) is 37.3 Å². The Morgan fingerprint density at radius 1 is 1.17 bits per heavy atom. The van der Waals surface area contributed by atoms with Gasteiger partial charge >= 0.3 is 5.97 Å². The number of hydrogen-bond acceptors (Lipinski definition) is 5. The second-order valence-electron chi connectivity index (χ2n) is 5.04. The molecule has 0 aromatic heterocycles. The molecule has 0 unspecified atom stereocenters. The first-order valence-corrected chi connectivity index (χ1v) is 7.68. The minimum atomic E-state index is -0.753. The van der Waals surface area contributed by atoms with E-state index in [1.165, 1.54) is 0 Å². The Morgan fingerprint density at radius 3 is 2.54 bits per heavy atom. The van der Waals surface area contributed by atoms with E-state index in [4.69, 9.17) is 19.5 Å². The van der Waals surface area contributed by atoms with E-state index < -0.39 is 12.1 Å². The summed E-state index contributed by atoms with van der Waals surface area (Å²) in [6.07, 6.45) is -0.753. The Kier molecular flexibility index (Phi) is 6.21. The molecule has 5 nitrogen and oxygen atoms in total. The average molecular weight is 325 g/mol. The molecular formula is C19H19NO4. The fraction of sp³-hybridized carbons (Fsp3) is 0.263. The largest absolute Gasteiger partial charge is 0.493 e. The summed E-state index contributed by atoms with van der Waals surface area (Å²) in [7, 11) is 0. The van der Waals surface area contributed by atoms with Crippen LogP contribution in [-0.4, -0.2) is 18.7 Å². The van der Waals surface area contributed by atoms with E-state index in [2.05, 4.69) is 0 Å². The minimum absolute atomic E-state index is 0.121. The van der Waals surface area contributed by atoms with Crippen molar-refractivity contribution in [3.63, 3.8) is 0 Å². The molecule has 5 heteroatoms. The number of ether oxygens (including phenoxy) is 3. The standard InChI is InChI=1S/C19H19NO4/c1-3-22-18-7-5-4-6-16(18)13-23-19(21)14(2)24-17-10-8-15(12-20)9-11-17/h4-11,14H,3,13H2,1-2H3/t14-/m1/s1. The van der Waals surface area contributed by atoms with Gasteiger partial charge in [-0.2, -0.15) is 5.26 Å². The third-order valence-electron chi connectivity index (χ3n) is 3.27. The van der Waals surface area contributed by atoms with Crippen molar-refractivity contribution in [2.45, 2.75) is 26.6 Å². The van der Waals surface area contributed by atoms with Gasteiger partial charge in [0.25, 0.3) is 0 Å². The topological polar surface area (TPSA) is 68.6 Å². The van der Waals surface area contributed by atoms with E-state index in [0.29, 0.717) is 23.7 Å². The lowest BCUT2D eigenvalue weighted by Crippen LogP contribution is -2.26. The molecule has 0 spiro atoms. The molecule has 0 aliphatic rings. The number of rotatable bonds is 7. The third-order valence-corrected chi connectivity index (χ3v) is 3.27. The monoisotopic (exact) mass is 325 g/mol. The molecule has 124 valence electrons. The van der Waals surface area contributed by atoms with Crippen molar-refractivity contribution in [2.75, 3.05) is 6.61 Å². The summed E-state index contributed by atoms with van der Waals surface area (Å²) in [5.41, 5.74) is 1.34. The first-order valence-electron chi connectivity index (χ1n) is 7.68. The van der Waals surface area contributed by atoms with Crippen LogP contribution in [-0.2, 0) is 16.1 Å². The van der Waals surface area contributed by atoms with Gasteiger partial charge in [0.05, 0.1) is 18.2 Å². The number of carbonyl (C=O) groups excluding carboxylic acids is 1. The van der Waals surface area contributed by atoms with Gasteiger partial charge in [0.15, 0.2) is 6.10 Å². The molecule has 2 aromatic rings. The third kappa shape index (κ3) is 4.75. The van der Waals surface area contributed by atoms with Crippen LogP contribution in [0.15, 0.2) is 48.5 Å². The van der Waals surface area contributed by atoms with E-state index in [9.17, 15) is 4.79 Å². The second-order valence-corrected chi connectivity index (χ2v) is 5.04. The Labute approximate surface area is 141 Å². The molecule has 2 aromatic carbocycles. The first-order chi connectivity index (χ1) is 11.6. The maximum absolute atomic E-state index is 12.1. The zero-order chi connectivity index (χ0) is 17.4. The summed E-state index contributed by atoms with van der Waals surface area (Å²) in [4.78, 5) is 12.1. The number of nitriles is 1. The molecule has 0 radical (unpaired) electrons. The molecule has 0 fully saturated rings. The number of nitrogens with zero attached hydrogens (tertiary/aromatic N) is 1. The highest BCUT2D eigenvalue weighted by atomic mass is 16.6. The summed E-state index contributed by atoms with van der Waals surface area (Å²) in [5, 5.41) is 8.76. The van der Waals surface area contributed by atoms with Crippen molar-refractivity contribution < 1.29 is 19.0 Å². The van der Waals surface area contributed by atoms with E-state index in [-0.39, 0.29) is 6.61 Å².